The minimum absolute atomic E-state index is 0.0695. The number of aryl methyl sites for hydroxylation is 3. The zero-order valence-corrected chi connectivity index (χ0v) is 64.9. The molecule has 0 aromatic heterocycles. The lowest BCUT2D eigenvalue weighted by atomic mass is 10.0. The minimum atomic E-state index is -5.74. The molecule has 0 unspecified atom stereocenters. The Morgan fingerprint density at radius 2 is 0.661 bits per heavy atom. The summed E-state index contributed by atoms with van der Waals surface area (Å²) in [6, 6.07) is 72.9. The number of nitrogens with zero attached hydrogens (tertiary/aromatic N) is 5. The van der Waals surface area contributed by atoms with Gasteiger partial charge in [0, 0.05) is 59.9 Å². The molecular formula is C79H62F3N5O18S7. The van der Waals surface area contributed by atoms with Crippen molar-refractivity contribution in [2.45, 2.75) is 50.8 Å². The summed E-state index contributed by atoms with van der Waals surface area (Å²) in [5.74, 6) is 2.93. The van der Waals surface area contributed by atoms with Crippen LogP contribution in [0, 0.1) is 20.8 Å². The van der Waals surface area contributed by atoms with Crippen LogP contribution in [0.3, 0.4) is 0 Å². The summed E-state index contributed by atoms with van der Waals surface area (Å²) >= 11 is 3.00. The highest BCUT2D eigenvalue weighted by Gasteiger charge is 2.49. The molecule has 5 aliphatic rings. The van der Waals surface area contributed by atoms with E-state index in [9.17, 15) is 55.3 Å². The van der Waals surface area contributed by atoms with Crippen molar-refractivity contribution in [2.24, 2.45) is 25.8 Å². The van der Waals surface area contributed by atoms with Gasteiger partial charge in [0.05, 0.1) is 6.26 Å². The second-order valence-corrected chi connectivity index (χ2v) is 34.8. The van der Waals surface area contributed by atoms with Crippen LogP contribution < -0.4 is 14.2 Å². The van der Waals surface area contributed by atoms with Gasteiger partial charge in [-0.05, 0) is 126 Å². The smallest absolute Gasteiger partial charge is 0.486 e. The molecule has 12 aromatic rings. The van der Waals surface area contributed by atoms with Crippen LogP contribution in [0.15, 0.2) is 293 Å². The quantitative estimate of drug-likeness (QED) is 0.0765. The van der Waals surface area contributed by atoms with Crippen LogP contribution in [0.2, 0.25) is 0 Å². The van der Waals surface area contributed by atoms with Crippen LogP contribution in [0.5, 0.6) is 17.2 Å². The third kappa shape index (κ3) is 18.2. The van der Waals surface area contributed by atoms with Crippen LogP contribution in [-0.2, 0) is 72.0 Å². The van der Waals surface area contributed by atoms with Gasteiger partial charge < -0.3 is 14.2 Å². The van der Waals surface area contributed by atoms with Crippen molar-refractivity contribution < 1.29 is 90.9 Å². The molecule has 0 saturated heterocycles. The Balaban J connectivity index is 0.000000123. The van der Waals surface area contributed by atoms with Gasteiger partial charge in [-0.25, -0.2) is 0 Å². The maximum absolute atomic E-state index is 12.3. The maximum atomic E-state index is 12.3. The van der Waals surface area contributed by atoms with Gasteiger partial charge in [0.15, 0.2) is 0 Å². The molecule has 5 aliphatic heterocycles. The third-order valence-corrected chi connectivity index (χ3v) is 23.9. The number of alkyl halides is 3. The Kier molecular flexibility index (Phi) is 23.2. The number of thioether (sulfide) groups is 2. The highest BCUT2D eigenvalue weighted by molar-refractivity contribution is 8.01. The first-order chi connectivity index (χ1) is 53.5. The van der Waals surface area contributed by atoms with E-state index in [2.05, 4.69) is 40.4 Å². The van der Waals surface area contributed by atoms with Crippen LogP contribution >= 0.6 is 23.5 Å². The molecule has 0 spiro atoms. The second kappa shape index (κ2) is 32.9. The first-order valence-corrected chi connectivity index (χ1v) is 43.0. The number of halogens is 3. The van der Waals surface area contributed by atoms with Gasteiger partial charge in [-0.2, -0.15) is 55.3 Å². The van der Waals surface area contributed by atoms with Crippen molar-refractivity contribution >= 4 is 146 Å². The van der Waals surface area contributed by atoms with E-state index in [1.807, 2.05) is 166 Å². The summed E-state index contributed by atoms with van der Waals surface area (Å²) in [6.45, 7) is 6.24. The zero-order chi connectivity index (χ0) is 79.2. The lowest BCUT2D eigenvalue weighted by molar-refractivity contribution is -0.0540. The Morgan fingerprint density at radius 3 is 1.06 bits per heavy atom. The van der Waals surface area contributed by atoms with Gasteiger partial charge in [-0.15, -0.1) is 23.5 Å². The predicted molar refractivity (Wildman–Crippen MR) is 423 cm³/mol. The molecule has 0 saturated carbocycles. The zero-order valence-electron chi connectivity index (χ0n) is 59.2. The lowest BCUT2D eigenvalue weighted by Crippen LogP contribution is -2.24. The van der Waals surface area contributed by atoms with Crippen LogP contribution in [-0.4, -0.2) is 114 Å². The number of fused-ring (bicyclic) bond motifs is 13. The van der Waals surface area contributed by atoms with E-state index in [1.165, 1.54) is 48.2 Å². The van der Waals surface area contributed by atoms with Gasteiger partial charge in [0.25, 0.3) is 0 Å². The predicted octanol–water partition coefficient (Wildman–Crippen LogP) is 15.9. The molecule has 12 aromatic carbocycles. The molecule has 17 rings (SSSR count). The molecule has 0 bridgehead atoms. The summed E-state index contributed by atoms with van der Waals surface area (Å²) < 4.78 is 193. The number of rotatable bonds is 13. The minimum Gasteiger partial charge on any atom is -0.486 e. The third-order valence-electron chi connectivity index (χ3n) is 17.2. The summed E-state index contributed by atoms with van der Waals surface area (Å²) in [7, 11) is -21.1. The fourth-order valence-electron chi connectivity index (χ4n) is 11.7. The molecule has 0 aliphatic carbocycles. The van der Waals surface area contributed by atoms with E-state index in [1.54, 1.807) is 66.4 Å². The SMILES string of the molecule is CS(=O)(=O)O/N=C1\COc2c1ccc1ccccc21.Cc1ccc(S(=O)(=O)O/N=C2\COc3c2ccc2ccccc32)cc1.Cc1ccc(S(=O)(=O)O/N=C2\COc3ccccc32)cc1.Cc1ccc(S(=O)(=O)O/N=C2\CSc3ccc4ccccc4c32)cc1.O=S(=O)(O/N=C1\CSc2ccc3ccccc3c21)C(F)(F)F. The number of hydrogen-bond donors (Lipinski definition) is 0. The van der Waals surface area contributed by atoms with E-state index < -0.39 is 56.1 Å². The van der Waals surface area contributed by atoms with Gasteiger partial charge in [-0.3, -0.25) is 21.4 Å². The lowest BCUT2D eigenvalue weighted by Gasteiger charge is -2.07. The van der Waals surface area contributed by atoms with E-state index in [-0.39, 0.29) is 46.0 Å². The molecule has 112 heavy (non-hydrogen) atoms. The Bertz CT molecular complexity index is 6430. The average molecular weight is 1650 g/mol. The van der Waals surface area contributed by atoms with E-state index in [4.69, 9.17) is 27.1 Å². The average Bonchev–Trinajstić information content (AvgIpc) is 1.65. The van der Waals surface area contributed by atoms with E-state index in [0.717, 1.165) is 98.1 Å². The molecule has 0 fully saturated rings. The topological polar surface area (TPSA) is 306 Å². The summed E-state index contributed by atoms with van der Waals surface area (Å²) in [5, 5.41) is 26.3. The van der Waals surface area contributed by atoms with Crippen molar-refractivity contribution in [1.29, 1.82) is 0 Å². The molecule has 0 atom stereocenters. The maximum Gasteiger partial charge on any atom is 0.536 e. The molecule has 5 heterocycles. The number of para-hydroxylation sites is 1. The fraction of sp³-hybridized carbons (Fsp3) is 0.127. The van der Waals surface area contributed by atoms with Crippen LogP contribution in [0.1, 0.15) is 44.5 Å². The van der Waals surface area contributed by atoms with Gasteiger partial charge >= 0.3 is 56.1 Å². The van der Waals surface area contributed by atoms with Gasteiger partial charge in [0.1, 0.15) is 80.3 Å². The standard InChI is InChI=1S/C19H15NO4S.C19H15NO3S2.C15H13NO4S.C13H8F3NO3S2.C13H11NO4S/c1-13-6-9-15(10-7-13)25(21,22)24-20-18-12-23-19-16-5-3-2-4-14(16)8-11-17(18)19;1-13-6-9-15(10-7-13)25(21,22)23-20-17-12-24-18-11-8-14-4-2-3-5-16(14)19(17)18;1-11-6-8-12(9-7-11)21(17,18)20-16-14-10-19-15-5-3-2-4-13(14)15;14-13(15,16)22(18,19)20-17-10-7-21-11-6-5-8-3-1-2-4-9(8)12(10)11;1-19(15,16)18-14-12-8-17-13-10-5-3-2-4-9(10)6-7-11(12)13/h2*2-11H,12H2,1H3;2-9H,10H2,1H3;1-6H,7H2;2-7H,8H2,1H3/b20-18+;20-17+;16-14+;17-10+;14-12+. The second-order valence-electron chi connectivity index (χ2n) is 25.1. The largest absolute Gasteiger partial charge is 0.536 e. The van der Waals surface area contributed by atoms with Gasteiger partial charge in [0.2, 0.25) is 0 Å². The first kappa shape index (κ1) is 78.8. The molecule has 0 N–H and O–H groups in total. The number of benzene rings is 12. The van der Waals surface area contributed by atoms with E-state index >= 15 is 0 Å². The first-order valence-electron chi connectivity index (χ1n) is 33.5. The fourth-order valence-corrected chi connectivity index (χ4v) is 16.4. The van der Waals surface area contributed by atoms with Crippen LogP contribution in [0.25, 0.3) is 43.1 Å². The molecule has 574 valence electrons. The highest BCUT2D eigenvalue weighted by atomic mass is 32.2. The number of oxime groups is 5. The Morgan fingerprint density at radius 1 is 0.339 bits per heavy atom. The summed E-state index contributed by atoms with van der Waals surface area (Å²) in [4.78, 5) is 2.16. The van der Waals surface area contributed by atoms with Crippen LogP contribution in [0.4, 0.5) is 13.2 Å². The molecule has 33 heteroatoms. The van der Waals surface area contributed by atoms with Crippen molar-refractivity contribution in [2.75, 3.05) is 37.6 Å². The number of hydrogen-bond acceptors (Lipinski definition) is 25. The summed E-state index contributed by atoms with van der Waals surface area (Å²) in [6.07, 6.45) is 0.953. The van der Waals surface area contributed by atoms with Crippen molar-refractivity contribution in [3.05, 3.63) is 287 Å². The molecule has 0 amide bonds. The number of ether oxygens (including phenoxy) is 3. The molecular weight excluding hydrogens is 1590 g/mol. The van der Waals surface area contributed by atoms with E-state index in [0.29, 0.717) is 51.4 Å². The Hall–Kier alpha value is -11.3. The summed E-state index contributed by atoms with van der Waals surface area (Å²) in [5.41, 5.74) is 3.47. The molecule has 23 nitrogen and oxygen atoms in total. The van der Waals surface area contributed by atoms with Crippen molar-refractivity contribution in [1.82, 2.24) is 0 Å². The van der Waals surface area contributed by atoms with Crippen molar-refractivity contribution in [3.8, 4) is 17.2 Å². The van der Waals surface area contributed by atoms with Gasteiger partial charge in [-0.1, -0.05) is 212 Å². The monoisotopic (exact) mass is 1650 g/mol. The van der Waals surface area contributed by atoms with Crippen molar-refractivity contribution in [3.63, 3.8) is 0 Å². The molecule has 0 radical (unpaired) electrons. The Labute approximate surface area is 650 Å². The highest BCUT2D eigenvalue weighted by Crippen LogP contribution is 2.41. The normalized spacial score (nSPS) is 15.9.